The number of aliphatic hydroxyl groups is 1. The number of piperidine rings is 1. The number of hydrogen-bond donors (Lipinski definition) is 2. The minimum absolute atomic E-state index is 0.288. The highest BCUT2D eigenvalue weighted by Crippen LogP contribution is 2.34. The van der Waals surface area contributed by atoms with Crippen LogP contribution in [0.4, 0.5) is 5.13 Å². The van der Waals surface area contributed by atoms with Crippen molar-refractivity contribution in [2.45, 2.75) is 18.4 Å². The molecule has 0 amide bonds. The lowest BCUT2D eigenvalue weighted by Gasteiger charge is -2.37. The van der Waals surface area contributed by atoms with E-state index in [9.17, 15) is 5.11 Å². The predicted molar refractivity (Wildman–Crippen MR) is 103 cm³/mol. The number of imidazole rings is 1. The summed E-state index contributed by atoms with van der Waals surface area (Å²) in [5, 5.41) is 15.9. The Bertz CT molecular complexity index is 947. The second kappa shape index (κ2) is 6.95. The van der Waals surface area contributed by atoms with Crippen molar-refractivity contribution in [1.82, 2.24) is 19.6 Å². The molecule has 9 nitrogen and oxygen atoms in total. The zero-order valence-corrected chi connectivity index (χ0v) is 16.1. The quantitative estimate of drug-likeness (QED) is 0.668. The molecule has 1 fully saturated rings. The summed E-state index contributed by atoms with van der Waals surface area (Å²) in [7, 11) is 3.14. The summed E-state index contributed by atoms with van der Waals surface area (Å²) in [4.78, 5) is 11.8. The van der Waals surface area contributed by atoms with E-state index in [2.05, 4.69) is 14.9 Å². The Morgan fingerprint density at radius 1 is 1.26 bits per heavy atom. The number of methoxy groups -OCH3 is 2. The number of pyridine rings is 1. The lowest BCUT2D eigenvalue weighted by atomic mass is 9.92. The van der Waals surface area contributed by atoms with Gasteiger partial charge in [0.25, 0.3) is 0 Å². The normalized spacial score (nSPS) is 16.7. The van der Waals surface area contributed by atoms with Crippen LogP contribution in [0.5, 0.6) is 11.8 Å². The first-order valence-corrected chi connectivity index (χ1v) is 9.50. The molecule has 0 saturated carbocycles. The Balaban J connectivity index is 1.66. The monoisotopic (exact) mass is 390 g/mol. The lowest BCUT2D eigenvalue weighted by molar-refractivity contribution is 0.0249. The van der Waals surface area contributed by atoms with Crippen molar-refractivity contribution in [3.8, 4) is 23.0 Å². The van der Waals surface area contributed by atoms with Gasteiger partial charge < -0.3 is 25.2 Å². The summed E-state index contributed by atoms with van der Waals surface area (Å²) in [6, 6.07) is 3.66. The largest absolute Gasteiger partial charge is 0.481 e. The molecular weight excluding hydrogens is 368 g/mol. The number of fused-ring (bicyclic) bond motifs is 1. The topological polar surface area (TPSA) is 111 Å². The van der Waals surface area contributed by atoms with E-state index in [0.29, 0.717) is 37.7 Å². The number of aromatic nitrogens is 4. The summed E-state index contributed by atoms with van der Waals surface area (Å²) in [6.07, 6.45) is 3.03. The van der Waals surface area contributed by atoms with Crippen molar-refractivity contribution in [2.75, 3.05) is 38.8 Å². The Hall–Kier alpha value is -2.43. The molecule has 3 N–H and O–H groups in total. The third kappa shape index (κ3) is 3.20. The summed E-state index contributed by atoms with van der Waals surface area (Å²) in [5.41, 5.74) is 6.51. The van der Waals surface area contributed by atoms with Crippen LogP contribution >= 0.6 is 11.3 Å². The SMILES string of the molecule is COc1ccc(-c2cnc3sc(N4CCC(O)(CN)CC4)nn23)c(OC)n1. The maximum absolute atomic E-state index is 10.3. The maximum Gasteiger partial charge on any atom is 0.226 e. The second-order valence-corrected chi connectivity index (χ2v) is 7.48. The van der Waals surface area contributed by atoms with Crippen molar-refractivity contribution < 1.29 is 14.6 Å². The van der Waals surface area contributed by atoms with Crippen molar-refractivity contribution in [1.29, 1.82) is 0 Å². The fourth-order valence-electron chi connectivity index (χ4n) is 3.20. The molecule has 1 aliphatic rings. The van der Waals surface area contributed by atoms with E-state index in [1.54, 1.807) is 31.0 Å². The smallest absolute Gasteiger partial charge is 0.226 e. The average molecular weight is 390 g/mol. The molecule has 1 saturated heterocycles. The fraction of sp³-hybridized carbons (Fsp3) is 0.471. The van der Waals surface area contributed by atoms with E-state index >= 15 is 0 Å². The molecule has 4 rings (SSSR count). The molecule has 0 aromatic carbocycles. The van der Waals surface area contributed by atoms with Crippen molar-refractivity contribution in [3.05, 3.63) is 18.3 Å². The summed E-state index contributed by atoms with van der Waals surface area (Å²) in [5.74, 6) is 0.938. The zero-order valence-electron chi connectivity index (χ0n) is 15.3. The molecule has 0 unspecified atom stereocenters. The first-order valence-electron chi connectivity index (χ1n) is 8.68. The van der Waals surface area contributed by atoms with Gasteiger partial charge in [0.15, 0.2) is 0 Å². The van der Waals surface area contributed by atoms with Gasteiger partial charge in [0.05, 0.1) is 37.3 Å². The number of ether oxygens (including phenoxy) is 2. The van der Waals surface area contributed by atoms with Gasteiger partial charge in [0.2, 0.25) is 21.9 Å². The van der Waals surface area contributed by atoms with Gasteiger partial charge in [-0.15, -0.1) is 5.10 Å². The number of nitrogens with zero attached hydrogens (tertiary/aromatic N) is 5. The molecule has 3 aromatic rings. The molecule has 4 heterocycles. The Morgan fingerprint density at radius 3 is 2.70 bits per heavy atom. The second-order valence-electron chi connectivity index (χ2n) is 6.55. The van der Waals surface area contributed by atoms with Gasteiger partial charge in [-0.3, -0.25) is 0 Å². The number of rotatable bonds is 5. The van der Waals surface area contributed by atoms with Crippen LogP contribution in [-0.2, 0) is 0 Å². The first kappa shape index (κ1) is 18.0. The van der Waals surface area contributed by atoms with Crippen LogP contribution in [-0.4, -0.2) is 64.1 Å². The Morgan fingerprint density at radius 2 is 2.04 bits per heavy atom. The highest BCUT2D eigenvalue weighted by molar-refractivity contribution is 7.20. The predicted octanol–water partition coefficient (Wildman–Crippen LogP) is 1.16. The van der Waals surface area contributed by atoms with Gasteiger partial charge >= 0.3 is 0 Å². The molecular formula is C17H22N6O3S. The van der Waals surface area contributed by atoms with Crippen LogP contribution in [0.1, 0.15) is 12.8 Å². The molecule has 0 radical (unpaired) electrons. The van der Waals surface area contributed by atoms with Gasteiger partial charge in [0.1, 0.15) is 0 Å². The minimum atomic E-state index is -0.763. The van der Waals surface area contributed by atoms with Crippen molar-refractivity contribution in [3.63, 3.8) is 0 Å². The van der Waals surface area contributed by atoms with Gasteiger partial charge in [-0.2, -0.15) is 4.98 Å². The van der Waals surface area contributed by atoms with Crippen LogP contribution < -0.4 is 20.1 Å². The standard InChI is InChI=1S/C17H22N6O3S/c1-25-13-4-3-11(14(20-13)26-2)12-9-19-15-23(12)21-16(27-15)22-7-5-17(24,10-18)6-8-22/h3-4,9,24H,5-8,10,18H2,1-2H3. The molecule has 0 bridgehead atoms. The fourth-order valence-corrected chi connectivity index (χ4v) is 4.13. The van der Waals surface area contributed by atoms with E-state index in [0.717, 1.165) is 21.3 Å². The third-order valence-electron chi connectivity index (χ3n) is 4.93. The molecule has 0 spiro atoms. The molecule has 27 heavy (non-hydrogen) atoms. The van der Waals surface area contributed by atoms with Crippen molar-refractivity contribution >= 4 is 21.4 Å². The summed E-state index contributed by atoms with van der Waals surface area (Å²) < 4.78 is 12.4. The van der Waals surface area contributed by atoms with E-state index in [4.69, 9.17) is 20.3 Å². The van der Waals surface area contributed by atoms with E-state index in [1.165, 1.54) is 11.3 Å². The molecule has 3 aromatic heterocycles. The van der Waals surface area contributed by atoms with E-state index < -0.39 is 5.60 Å². The van der Waals surface area contributed by atoms with Gasteiger partial charge in [0, 0.05) is 25.7 Å². The maximum atomic E-state index is 10.3. The number of nitrogens with two attached hydrogens (primary N) is 1. The van der Waals surface area contributed by atoms with Crippen LogP contribution in [0.15, 0.2) is 18.3 Å². The minimum Gasteiger partial charge on any atom is -0.481 e. The van der Waals surface area contributed by atoms with Gasteiger partial charge in [-0.05, 0) is 18.9 Å². The molecule has 1 aliphatic heterocycles. The number of hydrogen-bond acceptors (Lipinski definition) is 9. The highest BCUT2D eigenvalue weighted by atomic mass is 32.1. The average Bonchev–Trinajstić information content (AvgIpc) is 3.29. The zero-order chi connectivity index (χ0) is 19.0. The Kier molecular flexibility index (Phi) is 4.62. The van der Waals surface area contributed by atoms with Gasteiger partial charge in [-0.1, -0.05) is 11.3 Å². The Labute approximate surface area is 160 Å². The van der Waals surface area contributed by atoms with Crippen LogP contribution in [0.25, 0.3) is 16.2 Å². The van der Waals surface area contributed by atoms with Crippen molar-refractivity contribution in [2.24, 2.45) is 5.73 Å². The van der Waals surface area contributed by atoms with Gasteiger partial charge in [-0.25, -0.2) is 9.50 Å². The molecule has 10 heteroatoms. The lowest BCUT2D eigenvalue weighted by Crippen LogP contribution is -2.48. The molecule has 144 valence electrons. The molecule has 0 atom stereocenters. The van der Waals surface area contributed by atoms with E-state index in [1.807, 2.05) is 6.07 Å². The number of anilines is 1. The molecule has 0 aliphatic carbocycles. The van der Waals surface area contributed by atoms with E-state index in [-0.39, 0.29) is 6.54 Å². The summed E-state index contributed by atoms with van der Waals surface area (Å²) >= 11 is 1.52. The van der Waals surface area contributed by atoms with Crippen LogP contribution in [0.2, 0.25) is 0 Å². The van der Waals surface area contributed by atoms with Crippen LogP contribution in [0.3, 0.4) is 0 Å². The highest BCUT2D eigenvalue weighted by Gasteiger charge is 2.32. The third-order valence-corrected chi connectivity index (χ3v) is 5.92. The summed E-state index contributed by atoms with van der Waals surface area (Å²) in [6.45, 7) is 1.72. The first-order chi connectivity index (χ1) is 13.1. The van der Waals surface area contributed by atoms with Crippen LogP contribution in [0, 0.1) is 0 Å².